The SMILES string of the molecule is Cc1cnoc1CC(C)C. The van der Waals surface area contributed by atoms with Gasteiger partial charge >= 0.3 is 0 Å². The Balaban J connectivity index is 2.65. The third-order valence-electron chi connectivity index (χ3n) is 1.44. The number of hydrogen-bond acceptors (Lipinski definition) is 2. The first kappa shape index (κ1) is 7.32. The molecule has 56 valence electrons. The van der Waals surface area contributed by atoms with Crippen molar-refractivity contribution in [3.8, 4) is 0 Å². The van der Waals surface area contributed by atoms with Gasteiger partial charge in [0.25, 0.3) is 0 Å². The molecule has 0 aromatic carbocycles. The number of hydrogen-bond donors (Lipinski definition) is 0. The summed E-state index contributed by atoms with van der Waals surface area (Å²) in [4.78, 5) is 0. The summed E-state index contributed by atoms with van der Waals surface area (Å²) in [5.74, 6) is 1.67. The van der Waals surface area contributed by atoms with Crippen LogP contribution in [-0.4, -0.2) is 5.16 Å². The van der Waals surface area contributed by atoms with Crippen LogP contribution in [0.2, 0.25) is 0 Å². The van der Waals surface area contributed by atoms with Gasteiger partial charge in [0, 0.05) is 12.0 Å². The molecule has 1 rings (SSSR count). The highest BCUT2D eigenvalue weighted by molar-refractivity contribution is 5.10. The molecule has 0 saturated carbocycles. The van der Waals surface area contributed by atoms with Crippen LogP contribution in [0.25, 0.3) is 0 Å². The third kappa shape index (κ3) is 1.59. The smallest absolute Gasteiger partial charge is 0.139 e. The van der Waals surface area contributed by atoms with Crippen LogP contribution in [0.4, 0.5) is 0 Å². The van der Waals surface area contributed by atoms with E-state index < -0.39 is 0 Å². The molecule has 0 N–H and O–H groups in total. The molecule has 2 nitrogen and oxygen atoms in total. The van der Waals surface area contributed by atoms with Crippen LogP contribution in [0.15, 0.2) is 10.7 Å². The fourth-order valence-corrected chi connectivity index (χ4v) is 0.882. The van der Waals surface area contributed by atoms with E-state index in [9.17, 15) is 0 Å². The minimum atomic E-state index is 0.645. The predicted molar refractivity (Wildman–Crippen MR) is 39.8 cm³/mol. The second-order valence-corrected chi connectivity index (χ2v) is 3.03. The van der Waals surface area contributed by atoms with Crippen molar-refractivity contribution in [3.05, 3.63) is 17.5 Å². The summed E-state index contributed by atoms with van der Waals surface area (Å²) in [7, 11) is 0. The Kier molecular flexibility index (Phi) is 2.10. The van der Waals surface area contributed by atoms with Crippen LogP contribution in [-0.2, 0) is 6.42 Å². The molecule has 0 aliphatic rings. The Hall–Kier alpha value is -0.790. The van der Waals surface area contributed by atoms with Crippen molar-refractivity contribution in [2.45, 2.75) is 27.2 Å². The van der Waals surface area contributed by atoms with E-state index in [4.69, 9.17) is 4.52 Å². The number of aryl methyl sites for hydroxylation is 1. The molecule has 1 aromatic heterocycles. The summed E-state index contributed by atoms with van der Waals surface area (Å²) in [6.07, 6.45) is 2.75. The standard InChI is InChI=1S/C8H13NO/c1-6(2)4-8-7(3)5-9-10-8/h5-6H,4H2,1-3H3. The fourth-order valence-electron chi connectivity index (χ4n) is 0.882. The molecular formula is C8H13NO. The van der Waals surface area contributed by atoms with Gasteiger partial charge in [0.2, 0.25) is 0 Å². The molecular weight excluding hydrogens is 126 g/mol. The van der Waals surface area contributed by atoms with Gasteiger partial charge in [0.1, 0.15) is 5.76 Å². The zero-order valence-electron chi connectivity index (χ0n) is 6.72. The molecule has 0 aliphatic carbocycles. The van der Waals surface area contributed by atoms with Crippen LogP contribution < -0.4 is 0 Å². The quantitative estimate of drug-likeness (QED) is 0.627. The first-order valence-corrected chi connectivity index (χ1v) is 3.60. The third-order valence-corrected chi connectivity index (χ3v) is 1.44. The maximum atomic E-state index is 5.03. The maximum absolute atomic E-state index is 5.03. The van der Waals surface area contributed by atoms with E-state index in [-0.39, 0.29) is 0 Å². The molecule has 10 heavy (non-hydrogen) atoms. The Morgan fingerprint density at radius 2 is 2.30 bits per heavy atom. The molecule has 0 radical (unpaired) electrons. The van der Waals surface area contributed by atoms with E-state index in [0.29, 0.717) is 5.92 Å². The van der Waals surface area contributed by atoms with Gasteiger partial charge in [-0.05, 0) is 12.8 Å². The topological polar surface area (TPSA) is 26.0 Å². The van der Waals surface area contributed by atoms with Crippen molar-refractivity contribution in [1.82, 2.24) is 5.16 Å². The average molecular weight is 139 g/mol. The fraction of sp³-hybridized carbons (Fsp3) is 0.625. The Bertz CT molecular complexity index is 203. The zero-order chi connectivity index (χ0) is 7.56. The first-order chi connectivity index (χ1) is 4.70. The lowest BCUT2D eigenvalue weighted by atomic mass is 10.1. The van der Waals surface area contributed by atoms with Gasteiger partial charge in [0.05, 0.1) is 6.20 Å². The molecule has 1 heterocycles. The van der Waals surface area contributed by atoms with Gasteiger partial charge in [-0.3, -0.25) is 0 Å². The summed E-state index contributed by atoms with van der Waals surface area (Å²) < 4.78 is 5.03. The second kappa shape index (κ2) is 2.86. The van der Waals surface area contributed by atoms with Gasteiger partial charge in [-0.25, -0.2) is 0 Å². The first-order valence-electron chi connectivity index (χ1n) is 3.60. The van der Waals surface area contributed by atoms with Crippen LogP contribution >= 0.6 is 0 Å². The maximum Gasteiger partial charge on any atom is 0.139 e. The monoisotopic (exact) mass is 139 g/mol. The number of nitrogens with zero attached hydrogens (tertiary/aromatic N) is 1. The summed E-state index contributed by atoms with van der Waals surface area (Å²) in [6, 6.07) is 0. The van der Waals surface area contributed by atoms with E-state index in [2.05, 4.69) is 19.0 Å². The van der Waals surface area contributed by atoms with Gasteiger partial charge < -0.3 is 4.52 Å². The summed E-state index contributed by atoms with van der Waals surface area (Å²) in [6.45, 7) is 6.36. The van der Waals surface area contributed by atoms with E-state index >= 15 is 0 Å². The summed E-state index contributed by atoms with van der Waals surface area (Å²) in [5.41, 5.74) is 1.16. The lowest BCUT2D eigenvalue weighted by Gasteiger charge is -1.99. The molecule has 0 bridgehead atoms. The van der Waals surface area contributed by atoms with E-state index in [0.717, 1.165) is 17.7 Å². The molecule has 0 unspecified atom stereocenters. The van der Waals surface area contributed by atoms with Crippen LogP contribution in [0.5, 0.6) is 0 Å². The lowest BCUT2D eigenvalue weighted by Crippen LogP contribution is -1.93. The van der Waals surface area contributed by atoms with Crippen molar-refractivity contribution < 1.29 is 4.52 Å². The van der Waals surface area contributed by atoms with Crippen molar-refractivity contribution in [3.63, 3.8) is 0 Å². The van der Waals surface area contributed by atoms with Crippen LogP contribution in [0.3, 0.4) is 0 Å². The largest absolute Gasteiger partial charge is 0.361 e. The molecule has 0 atom stereocenters. The van der Waals surface area contributed by atoms with Crippen molar-refractivity contribution in [1.29, 1.82) is 0 Å². The van der Waals surface area contributed by atoms with Gasteiger partial charge in [-0.1, -0.05) is 19.0 Å². The van der Waals surface area contributed by atoms with Crippen molar-refractivity contribution in [2.75, 3.05) is 0 Å². The molecule has 0 fully saturated rings. The molecule has 0 spiro atoms. The Morgan fingerprint density at radius 3 is 2.70 bits per heavy atom. The Morgan fingerprint density at radius 1 is 1.60 bits per heavy atom. The average Bonchev–Trinajstić information content (AvgIpc) is 2.15. The van der Waals surface area contributed by atoms with Crippen LogP contribution in [0.1, 0.15) is 25.2 Å². The highest BCUT2D eigenvalue weighted by Crippen LogP contribution is 2.11. The normalized spacial score (nSPS) is 10.8. The molecule has 1 aromatic rings. The van der Waals surface area contributed by atoms with Crippen molar-refractivity contribution >= 4 is 0 Å². The summed E-state index contributed by atoms with van der Waals surface area (Å²) >= 11 is 0. The lowest BCUT2D eigenvalue weighted by molar-refractivity contribution is 0.367. The highest BCUT2D eigenvalue weighted by atomic mass is 16.5. The van der Waals surface area contributed by atoms with Gasteiger partial charge in [-0.2, -0.15) is 0 Å². The molecule has 0 saturated heterocycles. The van der Waals surface area contributed by atoms with E-state index in [1.54, 1.807) is 6.20 Å². The van der Waals surface area contributed by atoms with Gasteiger partial charge in [0.15, 0.2) is 0 Å². The highest BCUT2D eigenvalue weighted by Gasteiger charge is 2.04. The van der Waals surface area contributed by atoms with Crippen molar-refractivity contribution in [2.24, 2.45) is 5.92 Å². The number of rotatable bonds is 2. The summed E-state index contributed by atoms with van der Waals surface area (Å²) in [5, 5.41) is 3.70. The van der Waals surface area contributed by atoms with Gasteiger partial charge in [-0.15, -0.1) is 0 Å². The molecule has 0 aliphatic heterocycles. The van der Waals surface area contributed by atoms with Crippen LogP contribution in [0, 0.1) is 12.8 Å². The van der Waals surface area contributed by atoms with E-state index in [1.165, 1.54) is 0 Å². The zero-order valence-corrected chi connectivity index (χ0v) is 6.72. The minimum Gasteiger partial charge on any atom is -0.361 e. The minimum absolute atomic E-state index is 0.645. The predicted octanol–water partition coefficient (Wildman–Crippen LogP) is 2.18. The second-order valence-electron chi connectivity index (χ2n) is 3.03. The molecule has 2 heteroatoms. The Labute approximate surface area is 61.2 Å². The molecule has 0 amide bonds. The number of aromatic nitrogens is 1. The van der Waals surface area contributed by atoms with E-state index in [1.807, 2.05) is 6.92 Å².